The third-order valence-electron chi connectivity index (χ3n) is 7.23. The van der Waals surface area contributed by atoms with Gasteiger partial charge in [0.2, 0.25) is 11.7 Å². The van der Waals surface area contributed by atoms with E-state index in [4.69, 9.17) is 23.7 Å². The molecule has 0 saturated carbocycles. The average molecular weight is 716 g/mol. The highest BCUT2D eigenvalue weighted by Crippen LogP contribution is 2.39. The molecule has 0 radical (unpaired) electrons. The van der Waals surface area contributed by atoms with Gasteiger partial charge >= 0.3 is 6.09 Å². The minimum absolute atomic E-state index is 0.164. The number of nitrogens with zero attached hydrogens (tertiary/aromatic N) is 2. The molecule has 49 heavy (non-hydrogen) atoms. The molecule has 266 valence electrons. The molecule has 14 heteroatoms. The van der Waals surface area contributed by atoms with Gasteiger partial charge in [-0.25, -0.2) is 4.79 Å². The molecule has 4 amide bonds. The maximum Gasteiger partial charge on any atom is 0.415 e. The van der Waals surface area contributed by atoms with Crippen LogP contribution in [0.25, 0.3) is 12.2 Å². The smallest absolute Gasteiger partial charge is 0.415 e. The van der Waals surface area contributed by atoms with Gasteiger partial charge in [-0.3, -0.25) is 19.3 Å². The van der Waals surface area contributed by atoms with Crippen LogP contribution >= 0.6 is 21.6 Å². The first kappa shape index (κ1) is 39.1. The van der Waals surface area contributed by atoms with E-state index in [9.17, 15) is 19.2 Å². The Hall–Kier alpha value is -4.30. The van der Waals surface area contributed by atoms with E-state index in [1.165, 1.54) is 30.1 Å². The van der Waals surface area contributed by atoms with Crippen LogP contribution in [-0.4, -0.2) is 92.3 Å². The number of carbonyl (C=O) groups excluding carboxylic acids is 4. The molecule has 0 aliphatic carbocycles. The number of benzene rings is 2. The molecule has 0 fully saturated rings. The van der Waals surface area contributed by atoms with E-state index in [0.29, 0.717) is 47.6 Å². The first-order valence-corrected chi connectivity index (χ1v) is 18.0. The maximum atomic E-state index is 13.4. The topological polar surface area (TPSA) is 133 Å². The zero-order chi connectivity index (χ0) is 36.0. The van der Waals surface area contributed by atoms with Gasteiger partial charge in [0.25, 0.3) is 11.8 Å². The van der Waals surface area contributed by atoms with Crippen molar-refractivity contribution in [1.82, 2.24) is 15.1 Å². The predicted molar refractivity (Wildman–Crippen MR) is 193 cm³/mol. The zero-order valence-electron chi connectivity index (χ0n) is 29.0. The first-order chi connectivity index (χ1) is 23.4. The number of carbonyl (C=O) groups is 4. The fourth-order valence-electron chi connectivity index (χ4n) is 4.65. The summed E-state index contributed by atoms with van der Waals surface area (Å²) < 4.78 is 27.2. The van der Waals surface area contributed by atoms with Crippen molar-refractivity contribution in [1.29, 1.82) is 0 Å². The van der Waals surface area contributed by atoms with Gasteiger partial charge in [-0.05, 0) is 55.7 Å². The molecule has 0 spiro atoms. The maximum absolute atomic E-state index is 13.4. The molecule has 0 atom stereocenters. The Labute approximate surface area is 295 Å². The number of hydrogen-bond donors (Lipinski definition) is 1. The summed E-state index contributed by atoms with van der Waals surface area (Å²) in [6, 6.07) is 9.02. The highest BCUT2D eigenvalue weighted by atomic mass is 33.1. The fraction of sp³-hybridized carbons (Fsp3) is 0.429. The lowest BCUT2D eigenvalue weighted by atomic mass is 10.1. The van der Waals surface area contributed by atoms with Crippen molar-refractivity contribution in [3.05, 3.63) is 53.6 Å². The molecular formula is C35H45N3O9S2. The number of imide groups is 1. The summed E-state index contributed by atoms with van der Waals surface area (Å²) in [6.07, 6.45) is 7.53. The second-order valence-corrected chi connectivity index (χ2v) is 14.6. The van der Waals surface area contributed by atoms with Crippen LogP contribution in [-0.2, 0) is 14.4 Å². The Kier molecular flexibility index (Phi) is 15.2. The van der Waals surface area contributed by atoms with Crippen LogP contribution in [0.4, 0.5) is 4.79 Å². The molecule has 1 aliphatic heterocycles. The van der Waals surface area contributed by atoms with E-state index < -0.39 is 22.7 Å². The Morgan fingerprint density at radius 2 is 1.47 bits per heavy atom. The minimum Gasteiger partial charge on any atom is -0.493 e. The van der Waals surface area contributed by atoms with E-state index in [2.05, 4.69) is 12.2 Å². The highest BCUT2D eigenvalue weighted by Gasteiger charge is 2.27. The SMILES string of the molecule is CCCCN(CCSSC(C)(C)CC(=O)NCN1C(=O)C=CC1=O)C(=O)Oc1cc(/C=C\c2cc(OC)c(OC)c(OC)c2)ccc1OC. The third-order valence-corrected chi connectivity index (χ3v) is 10.5. The number of ether oxygens (including phenoxy) is 5. The Bertz CT molecular complexity index is 1500. The highest BCUT2D eigenvalue weighted by molar-refractivity contribution is 8.77. The fourth-order valence-corrected chi connectivity index (χ4v) is 7.14. The molecule has 0 saturated heterocycles. The van der Waals surface area contributed by atoms with Crippen molar-refractivity contribution < 1.29 is 42.9 Å². The molecule has 1 N–H and O–H groups in total. The summed E-state index contributed by atoms with van der Waals surface area (Å²) in [4.78, 5) is 52.0. The molecule has 12 nitrogen and oxygen atoms in total. The Morgan fingerprint density at radius 1 is 0.857 bits per heavy atom. The molecule has 0 aromatic heterocycles. The van der Waals surface area contributed by atoms with Crippen LogP contribution in [0.5, 0.6) is 28.7 Å². The predicted octanol–water partition coefficient (Wildman–Crippen LogP) is 6.04. The first-order valence-electron chi connectivity index (χ1n) is 15.7. The molecule has 1 heterocycles. The number of rotatable bonds is 19. The molecule has 0 unspecified atom stereocenters. The molecule has 1 aliphatic rings. The van der Waals surface area contributed by atoms with Crippen LogP contribution in [0.1, 0.15) is 51.2 Å². The van der Waals surface area contributed by atoms with Crippen LogP contribution < -0.4 is 29.0 Å². The van der Waals surface area contributed by atoms with Crippen LogP contribution in [0.15, 0.2) is 42.5 Å². The summed E-state index contributed by atoms with van der Waals surface area (Å²) in [5, 5.41) is 2.64. The van der Waals surface area contributed by atoms with Gasteiger partial charge in [0.05, 0.1) is 28.4 Å². The standard InChI is InChI=1S/C35H45N3O9S2/c1-8-9-16-37(17-18-48-49-35(2,3)22-30(39)36-23-38-31(40)14-15-32(38)41)34(42)47-27-19-24(12-13-26(27)43-4)10-11-25-20-28(44-5)33(46-7)29(21-25)45-6/h10-15,19-21H,8-9,16-18,22-23H2,1-7H3,(H,36,39)/b11-10-. The molecule has 2 aromatic rings. The lowest BCUT2D eigenvalue weighted by Gasteiger charge is -2.25. The largest absolute Gasteiger partial charge is 0.493 e. The average Bonchev–Trinajstić information content (AvgIpc) is 3.41. The lowest BCUT2D eigenvalue weighted by Crippen LogP contribution is -2.42. The van der Waals surface area contributed by atoms with Crippen molar-refractivity contribution in [2.75, 3.05) is 54.0 Å². The van der Waals surface area contributed by atoms with Crippen molar-refractivity contribution in [2.45, 2.75) is 44.8 Å². The van der Waals surface area contributed by atoms with Crippen molar-refractivity contribution >= 4 is 57.6 Å². The van der Waals surface area contributed by atoms with Crippen LogP contribution in [0.2, 0.25) is 0 Å². The Balaban J connectivity index is 1.60. The molecular weight excluding hydrogens is 671 g/mol. The second-order valence-electron chi connectivity index (χ2n) is 11.4. The van der Waals surface area contributed by atoms with Gasteiger partial charge in [0.1, 0.15) is 6.67 Å². The second kappa shape index (κ2) is 19.0. The van der Waals surface area contributed by atoms with Gasteiger partial charge in [-0.15, -0.1) is 0 Å². The third kappa shape index (κ3) is 11.7. The van der Waals surface area contributed by atoms with E-state index in [1.54, 1.807) is 49.2 Å². The summed E-state index contributed by atoms with van der Waals surface area (Å²) in [5.41, 5.74) is 1.60. The van der Waals surface area contributed by atoms with Gasteiger partial charge in [-0.2, -0.15) is 0 Å². The number of methoxy groups -OCH3 is 4. The van der Waals surface area contributed by atoms with E-state index >= 15 is 0 Å². The number of unbranched alkanes of at least 4 members (excludes halogenated alkanes) is 1. The molecule has 3 rings (SSSR count). The minimum atomic E-state index is -0.484. The van der Waals surface area contributed by atoms with Crippen molar-refractivity contribution in [2.24, 2.45) is 0 Å². The van der Waals surface area contributed by atoms with Gasteiger partial charge in [0.15, 0.2) is 23.0 Å². The van der Waals surface area contributed by atoms with Crippen LogP contribution in [0, 0.1) is 0 Å². The quantitative estimate of drug-likeness (QED) is 0.0790. The van der Waals surface area contributed by atoms with Gasteiger partial charge < -0.3 is 33.9 Å². The summed E-state index contributed by atoms with van der Waals surface area (Å²) in [6.45, 7) is 6.74. The lowest BCUT2D eigenvalue weighted by molar-refractivity contribution is -0.137. The number of amides is 4. The zero-order valence-corrected chi connectivity index (χ0v) is 30.7. The summed E-state index contributed by atoms with van der Waals surface area (Å²) in [5.74, 6) is 1.73. The van der Waals surface area contributed by atoms with Crippen LogP contribution in [0.3, 0.4) is 0 Å². The van der Waals surface area contributed by atoms with Gasteiger partial charge in [-0.1, -0.05) is 53.2 Å². The normalized spacial score (nSPS) is 12.8. The molecule has 0 bridgehead atoms. The summed E-state index contributed by atoms with van der Waals surface area (Å²) in [7, 11) is 9.28. The van der Waals surface area contributed by atoms with E-state index in [1.807, 2.05) is 44.2 Å². The monoisotopic (exact) mass is 715 g/mol. The summed E-state index contributed by atoms with van der Waals surface area (Å²) >= 11 is 0. The Morgan fingerprint density at radius 3 is 2.06 bits per heavy atom. The van der Waals surface area contributed by atoms with E-state index in [0.717, 1.165) is 28.9 Å². The number of hydrogen-bond acceptors (Lipinski definition) is 11. The van der Waals surface area contributed by atoms with E-state index in [-0.39, 0.29) is 19.0 Å². The van der Waals surface area contributed by atoms with Crippen molar-refractivity contribution in [3.8, 4) is 28.7 Å². The number of nitrogens with one attached hydrogen (secondary N) is 1. The van der Waals surface area contributed by atoms with Gasteiger partial charge in [0, 0.05) is 42.2 Å². The molecule has 2 aromatic carbocycles. The van der Waals surface area contributed by atoms with Crippen molar-refractivity contribution in [3.63, 3.8) is 0 Å².